The van der Waals surface area contributed by atoms with Crippen molar-refractivity contribution < 1.29 is 18.4 Å². The van der Waals surface area contributed by atoms with E-state index in [9.17, 15) is 18.4 Å². The molecule has 0 atom stereocenters. The van der Waals surface area contributed by atoms with E-state index >= 15 is 0 Å². The Morgan fingerprint density at radius 2 is 1.65 bits per heavy atom. The van der Waals surface area contributed by atoms with Gasteiger partial charge in [-0.05, 0) is 49.2 Å². The molecule has 0 heterocycles. The summed E-state index contributed by atoms with van der Waals surface area (Å²) >= 11 is 0. The number of hydrogen-bond donors (Lipinski definition) is 2. The molecule has 118 valence electrons. The van der Waals surface area contributed by atoms with Crippen molar-refractivity contribution in [1.29, 1.82) is 0 Å². The predicted molar refractivity (Wildman–Crippen MR) is 82.1 cm³/mol. The zero-order valence-electron chi connectivity index (χ0n) is 12.1. The van der Waals surface area contributed by atoms with Crippen LogP contribution in [0, 0.1) is 17.6 Å². The number of anilines is 2. The number of carbonyl (C=O) groups is 2. The minimum absolute atomic E-state index is 0.0180. The molecule has 4 nitrogen and oxygen atoms in total. The van der Waals surface area contributed by atoms with Crippen LogP contribution in [-0.2, 0) is 4.79 Å². The van der Waals surface area contributed by atoms with Crippen molar-refractivity contribution in [2.45, 2.75) is 12.8 Å². The van der Waals surface area contributed by atoms with Crippen molar-refractivity contribution in [3.05, 3.63) is 59.7 Å². The molecule has 0 aromatic heterocycles. The van der Waals surface area contributed by atoms with Gasteiger partial charge in [0.1, 0.15) is 11.6 Å². The smallest absolute Gasteiger partial charge is 0.255 e. The second-order valence-corrected chi connectivity index (χ2v) is 5.42. The third-order valence-electron chi connectivity index (χ3n) is 3.54. The molecule has 3 rings (SSSR count). The molecule has 0 spiro atoms. The molecule has 23 heavy (non-hydrogen) atoms. The van der Waals surface area contributed by atoms with Gasteiger partial charge in [-0.25, -0.2) is 8.78 Å². The monoisotopic (exact) mass is 316 g/mol. The van der Waals surface area contributed by atoms with Crippen molar-refractivity contribution >= 4 is 23.2 Å². The van der Waals surface area contributed by atoms with Crippen LogP contribution in [-0.4, -0.2) is 11.8 Å². The van der Waals surface area contributed by atoms with Crippen LogP contribution in [0.25, 0.3) is 0 Å². The zero-order valence-corrected chi connectivity index (χ0v) is 12.1. The van der Waals surface area contributed by atoms with E-state index in [-0.39, 0.29) is 17.5 Å². The Balaban J connectivity index is 1.66. The molecule has 1 aliphatic carbocycles. The highest BCUT2D eigenvalue weighted by Gasteiger charge is 2.29. The summed E-state index contributed by atoms with van der Waals surface area (Å²) < 4.78 is 26.3. The van der Waals surface area contributed by atoms with Crippen molar-refractivity contribution in [2.75, 3.05) is 10.6 Å². The summed E-state index contributed by atoms with van der Waals surface area (Å²) in [5.74, 6) is -1.99. The van der Waals surface area contributed by atoms with Crippen molar-refractivity contribution in [2.24, 2.45) is 5.92 Å². The van der Waals surface area contributed by atoms with Crippen LogP contribution in [0.4, 0.5) is 20.2 Å². The number of benzene rings is 2. The van der Waals surface area contributed by atoms with Gasteiger partial charge >= 0.3 is 0 Å². The van der Waals surface area contributed by atoms with Crippen LogP contribution in [0.5, 0.6) is 0 Å². The Morgan fingerprint density at radius 1 is 0.957 bits per heavy atom. The molecule has 2 aromatic carbocycles. The lowest BCUT2D eigenvalue weighted by Crippen LogP contribution is -2.15. The van der Waals surface area contributed by atoms with Gasteiger partial charge in [-0.15, -0.1) is 0 Å². The third-order valence-corrected chi connectivity index (χ3v) is 3.54. The summed E-state index contributed by atoms with van der Waals surface area (Å²) in [7, 11) is 0. The molecule has 6 heteroatoms. The van der Waals surface area contributed by atoms with Crippen LogP contribution >= 0.6 is 0 Å². The van der Waals surface area contributed by atoms with Crippen LogP contribution < -0.4 is 10.6 Å². The maximum Gasteiger partial charge on any atom is 0.255 e. The molecule has 0 unspecified atom stereocenters. The summed E-state index contributed by atoms with van der Waals surface area (Å²) in [6.07, 6.45) is 1.82. The van der Waals surface area contributed by atoms with Gasteiger partial charge in [0, 0.05) is 23.2 Å². The quantitative estimate of drug-likeness (QED) is 0.906. The number of hydrogen-bond acceptors (Lipinski definition) is 2. The minimum Gasteiger partial charge on any atom is -0.326 e. The number of nitrogens with one attached hydrogen (secondary N) is 2. The molecule has 1 aliphatic rings. The molecule has 0 radical (unpaired) electrons. The van der Waals surface area contributed by atoms with Gasteiger partial charge in [0.25, 0.3) is 5.91 Å². The Bertz CT molecular complexity index is 756. The van der Waals surface area contributed by atoms with E-state index in [1.165, 1.54) is 12.1 Å². The van der Waals surface area contributed by atoms with Gasteiger partial charge in [-0.2, -0.15) is 0 Å². The average molecular weight is 316 g/mol. The minimum atomic E-state index is -0.841. The lowest BCUT2D eigenvalue weighted by molar-refractivity contribution is -0.117. The standard InChI is InChI=1S/C17H14F2N2O2/c18-12-5-8-15(14(19)9-12)21-17(23)11-3-6-13(7-4-11)20-16(22)10-1-2-10/h3-10H,1-2H2,(H,20,22)(H,21,23). The molecular formula is C17H14F2N2O2. The lowest BCUT2D eigenvalue weighted by Gasteiger charge is -2.08. The van der Waals surface area contributed by atoms with Crippen molar-refractivity contribution in [3.8, 4) is 0 Å². The van der Waals surface area contributed by atoms with Gasteiger partial charge in [0.05, 0.1) is 5.69 Å². The maximum absolute atomic E-state index is 13.5. The molecule has 0 saturated heterocycles. The highest BCUT2D eigenvalue weighted by atomic mass is 19.1. The molecule has 1 saturated carbocycles. The fraction of sp³-hybridized carbons (Fsp3) is 0.176. The number of carbonyl (C=O) groups excluding carboxylic acids is 2. The first-order valence-electron chi connectivity index (χ1n) is 7.20. The van der Waals surface area contributed by atoms with Crippen LogP contribution in [0.15, 0.2) is 42.5 Å². The van der Waals surface area contributed by atoms with Gasteiger partial charge in [0.15, 0.2) is 0 Å². The van der Waals surface area contributed by atoms with Crippen LogP contribution in [0.2, 0.25) is 0 Å². The zero-order chi connectivity index (χ0) is 16.4. The molecular weight excluding hydrogens is 302 g/mol. The largest absolute Gasteiger partial charge is 0.326 e. The SMILES string of the molecule is O=C(Nc1ccc(F)cc1F)c1ccc(NC(=O)C2CC2)cc1. The van der Waals surface area contributed by atoms with E-state index < -0.39 is 17.5 Å². The normalized spacial score (nSPS) is 13.5. The Hall–Kier alpha value is -2.76. The van der Waals surface area contributed by atoms with E-state index in [0.29, 0.717) is 17.3 Å². The van der Waals surface area contributed by atoms with E-state index in [1.54, 1.807) is 12.1 Å². The molecule has 2 aromatic rings. The maximum atomic E-state index is 13.5. The summed E-state index contributed by atoms with van der Waals surface area (Å²) in [5.41, 5.74) is 0.812. The molecule has 2 N–H and O–H groups in total. The average Bonchev–Trinajstić information content (AvgIpc) is 3.35. The third kappa shape index (κ3) is 3.71. The fourth-order valence-electron chi connectivity index (χ4n) is 2.08. The number of amides is 2. The second kappa shape index (κ2) is 6.16. The molecule has 0 aliphatic heterocycles. The first-order chi connectivity index (χ1) is 11.0. The summed E-state index contributed by atoms with van der Waals surface area (Å²) in [4.78, 5) is 23.7. The van der Waals surface area contributed by atoms with Crippen LogP contribution in [0.1, 0.15) is 23.2 Å². The number of halogens is 2. The highest BCUT2D eigenvalue weighted by Crippen LogP contribution is 2.30. The Kier molecular flexibility index (Phi) is 4.06. The van der Waals surface area contributed by atoms with Gasteiger partial charge in [0.2, 0.25) is 5.91 Å². The summed E-state index contributed by atoms with van der Waals surface area (Å²) in [5, 5.41) is 5.14. The van der Waals surface area contributed by atoms with Gasteiger partial charge in [-0.3, -0.25) is 9.59 Å². The van der Waals surface area contributed by atoms with E-state index in [2.05, 4.69) is 10.6 Å². The van der Waals surface area contributed by atoms with Crippen LogP contribution in [0.3, 0.4) is 0 Å². The van der Waals surface area contributed by atoms with E-state index in [1.807, 2.05) is 0 Å². The van der Waals surface area contributed by atoms with Gasteiger partial charge in [-0.1, -0.05) is 0 Å². The highest BCUT2D eigenvalue weighted by molar-refractivity contribution is 6.04. The topological polar surface area (TPSA) is 58.2 Å². The second-order valence-electron chi connectivity index (χ2n) is 5.42. The Labute approximate surface area is 131 Å². The molecule has 1 fully saturated rings. The lowest BCUT2D eigenvalue weighted by atomic mass is 10.2. The summed E-state index contributed by atoms with van der Waals surface area (Å²) in [6.45, 7) is 0. The van der Waals surface area contributed by atoms with E-state index in [0.717, 1.165) is 25.0 Å². The van der Waals surface area contributed by atoms with E-state index in [4.69, 9.17) is 0 Å². The molecule has 2 amide bonds. The Morgan fingerprint density at radius 3 is 2.26 bits per heavy atom. The fourth-order valence-corrected chi connectivity index (χ4v) is 2.08. The first-order valence-corrected chi connectivity index (χ1v) is 7.20. The van der Waals surface area contributed by atoms with Gasteiger partial charge < -0.3 is 10.6 Å². The number of rotatable bonds is 4. The molecule has 0 bridgehead atoms. The first kappa shape index (κ1) is 15.1. The predicted octanol–water partition coefficient (Wildman–Crippen LogP) is 3.57. The van der Waals surface area contributed by atoms with Crippen molar-refractivity contribution in [3.63, 3.8) is 0 Å². The summed E-state index contributed by atoms with van der Waals surface area (Å²) in [6, 6.07) is 9.19. The van der Waals surface area contributed by atoms with Crippen molar-refractivity contribution in [1.82, 2.24) is 0 Å².